The van der Waals surface area contributed by atoms with Crippen molar-refractivity contribution < 1.29 is 19.1 Å². The summed E-state index contributed by atoms with van der Waals surface area (Å²) < 4.78 is 10.6. The van der Waals surface area contributed by atoms with E-state index in [2.05, 4.69) is 0 Å². The van der Waals surface area contributed by atoms with Crippen LogP contribution < -0.4 is 20.1 Å². The highest BCUT2D eigenvalue weighted by molar-refractivity contribution is 6.00. The quantitative estimate of drug-likeness (QED) is 0.846. The molecule has 2 unspecified atom stereocenters. The van der Waals surface area contributed by atoms with Gasteiger partial charge in [0, 0.05) is 50.3 Å². The first kappa shape index (κ1) is 19.5. The molecule has 2 fully saturated rings. The molecule has 0 spiro atoms. The smallest absolute Gasteiger partial charge is 0.228 e. The van der Waals surface area contributed by atoms with Crippen LogP contribution >= 0.6 is 0 Å². The van der Waals surface area contributed by atoms with Crippen molar-refractivity contribution in [2.45, 2.75) is 32.2 Å². The van der Waals surface area contributed by atoms with Crippen molar-refractivity contribution in [3.63, 3.8) is 0 Å². The van der Waals surface area contributed by atoms with Gasteiger partial charge >= 0.3 is 0 Å². The zero-order chi connectivity index (χ0) is 19.6. The first-order valence-corrected chi connectivity index (χ1v) is 9.50. The summed E-state index contributed by atoms with van der Waals surface area (Å²) in [4.78, 5) is 29.0. The molecule has 2 N–H and O–H groups in total. The predicted molar refractivity (Wildman–Crippen MR) is 103 cm³/mol. The van der Waals surface area contributed by atoms with Crippen molar-refractivity contribution in [3.8, 4) is 11.5 Å². The van der Waals surface area contributed by atoms with Crippen LogP contribution in [0, 0.1) is 11.8 Å². The SMILES string of the molecule is COc1cc(OC)cc(N2CC(C(=O)N3CCC(C(C)N)CC3)CC2=O)c1. The number of amides is 2. The van der Waals surface area contributed by atoms with Crippen molar-refractivity contribution in [3.05, 3.63) is 18.2 Å². The van der Waals surface area contributed by atoms with Gasteiger partial charge in [0.1, 0.15) is 11.5 Å². The monoisotopic (exact) mass is 375 g/mol. The number of ether oxygens (including phenoxy) is 2. The number of hydrogen-bond donors (Lipinski definition) is 1. The van der Waals surface area contributed by atoms with Gasteiger partial charge in [0.15, 0.2) is 0 Å². The van der Waals surface area contributed by atoms with E-state index in [1.165, 1.54) is 0 Å². The molecule has 2 atom stereocenters. The normalized spacial score (nSPS) is 22.1. The maximum Gasteiger partial charge on any atom is 0.228 e. The molecule has 1 aromatic carbocycles. The molecule has 2 amide bonds. The van der Waals surface area contributed by atoms with E-state index in [-0.39, 0.29) is 30.2 Å². The van der Waals surface area contributed by atoms with E-state index in [1.807, 2.05) is 11.8 Å². The van der Waals surface area contributed by atoms with Crippen LogP contribution in [0.2, 0.25) is 0 Å². The van der Waals surface area contributed by atoms with Gasteiger partial charge in [-0.05, 0) is 25.7 Å². The van der Waals surface area contributed by atoms with E-state index in [4.69, 9.17) is 15.2 Å². The van der Waals surface area contributed by atoms with E-state index in [1.54, 1.807) is 37.3 Å². The van der Waals surface area contributed by atoms with E-state index < -0.39 is 0 Å². The summed E-state index contributed by atoms with van der Waals surface area (Å²) in [5.74, 6) is 1.43. The van der Waals surface area contributed by atoms with E-state index in [0.717, 1.165) is 25.9 Å². The minimum Gasteiger partial charge on any atom is -0.497 e. The Kier molecular flexibility index (Phi) is 5.89. The van der Waals surface area contributed by atoms with Crippen LogP contribution in [-0.4, -0.2) is 56.6 Å². The van der Waals surface area contributed by atoms with E-state index in [0.29, 0.717) is 29.6 Å². The Balaban J connectivity index is 1.68. The number of hydrogen-bond acceptors (Lipinski definition) is 5. The number of nitrogens with two attached hydrogens (primary N) is 1. The van der Waals surface area contributed by atoms with Gasteiger partial charge in [-0.15, -0.1) is 0 Å². The van der Waals surface area contributed by atoms with Crippen LogP contribution in [-0.2, 0) is 9.59 Å². The molecule has 2 heterocycles. The molecule has 0 radical (unpaired) electrons. The number of piperidine rings is 1. The third-order valence-electron chi connectivity index (χ3n) is 5.72. The van der Waals surface area contributed by atoms with Crippen LogP contribution in [0.15, 0.2) is 18.2 Å². The average Bonchev–Trinajstić information content (AvgIpc) is 3.08. The fourth-order valence-corrected chi connectivity index (χ4v) is 3.97. The number of nitrogens with zero attached hydrogens (tertiary/aromatic N) is 2. The van der Waals surface area contributed by atoms with Crippen molar-refractivity contribution in [1.82, 2.24) is 4.90 Å². The number of carbonyl (C=O) groups is 2. The summed E-state index contributed by atoms with van der Waals surface area (Å²) >= 11 is 0. The molecular formula is C20H29N3O4. The van der Waals surface area contributed by atoms with Crippen molar-refractivity contribution >= 4 is 17.5 Å². The molecule has 148 valence electrons. The molecule has 0 saturated carbocycles. The summed E-state index contributed by atoms with van der Waals surface area (Å²) in [5.41, 5.74) is 6.68. The second kappa shape index (κ2) is 8.17. The largest absolute Gasteiger partial charge is 0.497 e. The van der Waals surface area contributed by atoms with Crippen LogP contribution in [0.4, 0.5) is 5.69 Å². The van der Waals surface area contributed by atoms with E-state index >= 15 is 0 Å². The van der Waals surface area contributed by atoms with Gasteiger partial charge in [-0.2, -0.15) is 0 Å². The predicted octanol–water partition coefficient (Wildman–Crippen LogP) is 1.64. The van der Waals surface area contributed by atoms with Crippen LogP contribution in [0.3, 0.4) is 0 Å². The lowest BCUT2D eigenvalue weighted by Crippen LogP contribution is -2.45. The molecule has 2 aliphatic rings. The number of benzene rings is 1. The standard InChI is InChI=1S/C20H29N3O4/c1-13(21)14-4-6-22(7-5-14)20(25)15-8-19(24)23(12-15)16-9-17(26-2)11-18(10-16)27-3/h9-11,13-15H,4-8,12,21H2,1-3H3. The van der Waals surface area contributed by atoms with Gasteiger partial charge in [0.25, 0.3) is 0 Å². The maximum absolute atomic E-state index is 12.9. The van der Waals surface area contributed by atoms with Gasteiger partial charge in [-0.3, -0.25) is 9.59 Å². The fraction of sp³-hybridized carbons (Fsp3) is 0.600. The Hall–Kier alpha value is -2.28. The lowest BCUT2D eigenvalue weighted by molar-refractivity contribution is -0.137. The molecule has 1 aromatic rings. The van der Waals surface area contributed by atoms with Crippen LogP contribution in [0.1, 0.15) is 26.2 Å². The Morgan fingerprint density at radius 1 is 1.15 bits per heavy atom. The van der Waals surface area contributed by atoms with Crippen LogP contribution in [0.5, 0.6) is 11.5 Å². The van der Waals surface area contributed by atoms with Gasteiger partial charge in [0.05, 0.1) is 25.8 Å². The zero-order valence-electron chi connectivity index (χ0n) is 16.3. The number of rotatable bonds is 5. The third kappa shape index (κ3) is 4.18. The second-order valence-electron chi connectivity index (χ2n) is 7.50. The summed E-state index contributed by atoms with van der Waals surface area (Å²) in [6.45, 7) is 3.87. The molecular weight excluding hydrogens is 346 g/mol. The first-order chi connectivity index (χ1) is 12.9. The molecule has 27 heavy (non-hydrogen) atoms. The molecule has 3 rings (SSSR count). The number of carbonyl (C=O) groups excluding carboxylic acids is 2. The lowest BCUT2D eigenvalue weighted by atomic mass is 9.90. The average molecular weight is 375 g/mol. The third-order valence-corrected chi connectivity index (χ3v) is 5.72. The molecule has 7 nitrogen and oxygen atoms in total. The highest BCUT2D eigenvalue weighted by Gasteiger charge is 2.38. The summed E-state index contributed by atoms with van der Waals surface area (Å²) in [6.07, 6.45) is 2.10. The Bertz CT molecular complexity index is 676. The molecule has 0 aliphatic carbocycles. The second-order valence-corrected chi connectivity index (χ2v) is 7.50. The molecule has 7 heteroatoms. The van der Waals surface area contributed by atoms with Crippen molar-refractivity contribution in [1.29, 1.82) is 0 Å². The maximum atomic E-state index is 12.9. The minimum atomic E-state index is -0.304. The topological polar surface area (TPSA) is 85.1 Å². The molecule has 0 aromatic heterocycles. The Morgan fingerprint density at radius 2 is 1.74 bits per heavy atom. The van der Waals surface area contributed by atoms with Crippen LogP contribution in [0.25, 0.3) is 0 Å². The van der Waals surface area contributed by atoms with E-state index in [9.17, 15) is 9.59 Å². The van der Waals surface area contributed by atoms with Gasteiger partial charge in [0.2, 0.25) is 11.8 Å². The Morgan fingerprint density at radius 3 is 2.26 bits per heavy atom. The highest BCUT2D eigenvalue weighted by atomic mass is 16.5. The van der Waals surface area contributed by atoms with Gasteiger partial charge < -0.3 is 25.0 Å². The minimum absolute atomic E-state index is 0.0471. The number of likely N-dealkylation sites (tertiary alicyclic amines) is 1. The number of anilines is 1. The first-order valence-electron chi connectivity index (χ1n) is 9.50. The molecule has 0 bridgehead atoms. The fourth-order valence-electron chi connectivity index (χ4n) is 3.97. The van der Waals surface area contributed by atoms with Crippen molar-refractivity contribution in [2.75, 3.05) is 38.8 Å². The lowest BCUT2D eigenvalue weighted by Gasteiger charge is -2.35. The zero-order valence-corrected chi connectivity index (χ0v) is 16.3. The summed E-state index contributed by atoms with van der Waals surface area (Å²) in [5, 5.41) is 0. The van der Waals surface area contributed by atoms with Crippen molar-refractivity contribution in [2.24, 2.45) is 17.6 Å². The molecule has 2 saturated heterocycles. The Labute approximate surface area is 160 Å². The number of methoxy groups -OCH3 is 2. The summed E-state index contributed by atoms with van der Waals surface area (Å²) in [7, 11) is 3.14. The van der Waals surface area contributed by atoms with Gasteiger partial charge in [-0.1, -0.05) is 0 Å². The highest BCUT2D eigenvalue weighted by Crippen LogP contribution is 2.33. The molecule has 2 aliphatic heterocycles. The summed E-state index contributed by atoms with van der Waals surface area (Å²) in [6, 6.07) is 5.51. The van der Waals surface area contributed by atoms with Gasteiger partial charge in [-0.25, -0.2) is 0 Å².